The van der Waals surface area contributed by atoms with E-state index >= 15 is 0 Å². The highest BCUT2D eigenvalue weighted by Crippen LogP contribution is 2.48. The number of rotatable bonds is 5. The summed E-state index contributed by atoms with van der Waals surface area (Å²) in [7, 11) is 1.57. The summed E-state index contributed by atoms with van der Waals surface area (Å²) in [6, 6.07) is 4.74. The summed E-state index contributed by atoms with van der Waals surface area (Å²) in [6.07, 6.45) is 5.30. The molecule has 1 aromatic rings. The van der Waals surface area contributed by atoms with Crippen LogP contribution in [0, 0.1) is 17.8 Å². The fourth-order valence-corrected chi connectivity index (χ4v) is 3.70. The first-order valence-corrected chi connectivity index (χ1v) is 7.21. The van der Waals surface area contributed by atoms with E-state index in [9.17, 15) is 4.79 Å². The summed E-state index contributed by atoms with van der Waals surface area (Å²) in [5.74, 6) is 2.49. The molecule has 108 valence electrons. The van der Waals surface area contributed by atoms with Crippen molar-refractivity contribution in [3.63, 3.8) is 0 Å². The molecule has 0 radical (unpaired) electrons. The zero-order valence-electron chi connectivity index (χ0n) is 11.7. The first-order chi connectivity index (χ1) is 9.67. The average molecular weight is 276 g/mol. The normalized spacial score (nSPS) is 27.6. The van der Waals surface area contributed by atoms with Gasteiger partial charge >= 0.3 is 5.97 Å². The van der Waals surface area contributed by atoms with Gasteiger partial charge in [0, 0.05) is 0 Å². The monoisotopic (exact) mass is 276 g/mol. The van der Waals surface area contributed by atoms with E-state index in [1.165, 1.54) is 31.7 Å². The number of carboxylic acid groups (broad SMARTS) is 1. The van der Waals surface area contributed by atoms with Crippen molar-refractivity contribution >= 4 is 5.97 Å². The van der Waals surface area contributed by atoms with Crippen molar-refractivity contribution in [2.24, 2.45) is 17.8 Å². The molecular weight excluding hydrogens is 256 g/mol. The van der Waals surface area contributed by atoms with Gasteiger partial charge in [-0.2, -0.15) is 0 Å². The van der Waals surface area contributed by atoms with Gasteiger partial charge in [0.15, 0.2) is 11.5 Å². The second-order valence-electron chi connectivity index (χ2n) is 5.92. The Hall–Kier alpha value is -1.71. The van der Waals surface area contributed by atoms with Crippen LogP contribution in [-0.2, 0) is 0 Å². The minimum Gasteiger partial charge on any atom is -0.493 e. The Labute approximate surface area is 118 Å². The number of carbonyl (C=O) groups is 1. The number of hydrogen-bond acceptors (Lipinski definition) is 3. The Morgan fingerprint density at radius 3 is 2.75 bits per heavy atom. The maximum absolute atomic E-state index is 11.0. The van der Waals surface area contributed by atoms with Crippen LogP contribution in [0.3, 0.4) is 0 Å². The summed E-state index contributed by atoms with van der Waals surface area (Å²) < 4.78 is 11.1. The topological polar surface area (TPSA) is 55.8 Å². The Morgan fingerprint density at radius 2 is 2.15 bits per heavy atom. The summed E-state index contributed by atoms with van der Waals surface area (Å²) in [5, 5.41) is 9.04. The van der Waals surface area contributed by atoms with Gasteiger partial charge in [-0.25, -0.2) is 4.79 Å². The third-order valence-corrected chi connectivity index (χ3v) is 4.75. The Balaban J connectivity index is 1.69. The highest BCUT2D eigenvalue weighted by atomic mass is 16.5. The van der Waals surface area contributed by atoms with E-state index in [4.69, 9.17) is 14.6 Å². The molecule has 0 saturated heterocycles. The van der Waals surface area contributed by atoms with Gasteiger partial charge in [-0.05, 0) is 55.2 Å². The predicted octanol–water partition coefficient (Wildman–Crippen LogP) is 3.21. The first kappa shape index (κ1) is 13.3. The van der Waals surface area contributed by atoms with Crippen LogP contribution in [0.15, 0.2) is 18.2 Å². The SMILES string of the molecule is COc1ccc(C(=O)O)cc1OCC1CC2CCC1C2. The first-order valence-electron chi connectivity index (χ1n) is 7.21. The molecule has 2 bridgehead atoms. The van der Waals surface area contributed by atoms with Crippen molar-refractivity contribution in [1.82, 2.24) is 0 Å². The summed E-state index contributed by atoms with van der Waals surface area (Å²) >= 11 is 0. The van der Waals surface area contributed by atoms with Crippen molar-refractivity contribution in [3.8, 4) is 11.5 Å². The van der Waals surface area contributed by atoms with E-state index < -0.39 is 5.97 Å². The van der Waals surface area contributed by atoms with Crippen LogP contribution in [-0.4, -0.2) is 24.8 Å². The molecule has 2 saturated carbocycles. The maximum atomic E-state index is 11.0. The van der Waals surface area contributed by atoms with E-state index in [-0.39, 0.29) is 5.56 Å². The zero-order chi connectivity index (χ0) is 14.1. The molecule has 3 rings (SSSR count). The third-order valence-electron chi connectivity index (χ3n) is 4.75. The molecule has 2 fully saturated rings. The minimum atomic E-state index is -0.947. The highest BCUT2D eigenvalue weighted by Gasteiger charge is 2.39. The molecular formula is C16H20O4. The second kappa shape index (κ2) is 5.35. The van der Waals surface area contributed by atoms with Gasteiger partial charge in [0.25, 0.3) is 0 Å². The van der Waals surface area contributed by atoms with Gasteiger partial charge in [0.1, 0.15) is 0 Å². The quantitative estimate of drug-likeness (QED) is 0.897. The fraction of sp³-hybridized carbons (Fsp3) is 0.562. The van der Waals surface area contributed by atoms with E-state index in [1.54, 1.807) is 19.2 Å². The van der Waals surface area contributed by atoms with Crippen molar-refractivity contribution in [3.05, 3.63) is 23.8 Å². The van der Waals surface area contributed by atoms with Crippen LogP contribution >= 0.6 is 0 Å². The lowest BCUT2D eigenvalue weighted by atomic mass is 9.89. The van der Waals surface area contributed by atoms with Gasteiger partial charge in [0.2, 0.25) is 0 Å². The van der Waals surface area contributed by atoms with Gasteiger partial charge in [-0.15, -0.1) is 0 Å². The number of hydrogen-bond donors (Lipinski definition) is 1. The lowest BCUT2D eigenvalue weighted by molar-refractivity contribution is 0.0696. The zero-order valence-corrected chi connectivity index (χ0v) is 11.7. The number of methoxy groups -OCH3 is 1. The fourth-order valence-electron chi connectivity index (χ4n) is 3.70. The van der Waals surface area contributed by atoms with Gasteiger partial charge < -0.3 is 14.6 Å². The summed E-state index contributed by atoms with van der Waals surface area (Å²) in [6.45, 7) is 0.667. The molecule has 3 atom stereocenters. The standard InChI is InChI=1S/C16H20O4/c1-19-14-5-4-12(16(17)18)8-15(14)20-9-13-7-10-2-3-11(13)6-10/h4-5,8,10-11,13H,2-3,6-7,9H2,1H3,(H,17,18). The van der Waals surface area contributed by atoms with Gasteiger partial charge in [0.05, 0.1) is 19.3 Å². The molecule has 0 spiro atoms. The number of fused-ring (bicyclic) bond motifs is 2. The predicted molar refractivity (Wildman–Crippen MR) is 74.4 cm³/mol. The smallest absolute Gasteiger partial charge is 0.335 e. The second-order valence-corrected chi connectivity index (χ2v) is 5.92. The van der Waals surface area contributed by atoms with Crippen molar-refractivity contribution < 1.29 is 19.4 Å². The molecule has 0 aromatic heterocycles. The third kappa shape index (κ3) is 2.47. The molecule has 3 unspecified atom stereocenters. The lowest BCUT2D eigenvalue weighted by Crippen LogP contribution is -2.18. The van der Waals surface area contributed by atoms with Crippen LogP contribution < -0.4 is 9.47 Å². The minimum absolute atomic E-state index is 0.230. The Bertz CT molecular complexity index is 511. The molecule has 0 amide bonds. The maximum Gasteiger partial charge on any atom is 0.335 e. The molecule has 4 nitrogen and oxygen atoms in total. The number of carboxylic acids is 1. The molecule has 1 N–H and O–H groups in total. The largest absolute Gasteiger partial charge is 0.493 e. The molecule has 2 aliphatic carbocycles. The summed E-state index contributed by atoms with van der Waals surface area (Å²) in [4.78, 5) is 11.0. The van der Waals surface area contributed by atoms with Crippen LogP contribution in [0.4, 0.5) is 0 Å². The van der Waals surface area contributed by atoms with Crippen molar-refractivity contribution in [2.45, 2.75) is 25.7 Å². The van der Waals surface area contributed by atoms with E-state index in [0.717, 1.165) is 11.8 Å². The van der Waals surface area contributed by atoms with Gasteiger partial charge in [-0.1, -0.05) is 6.42 Å². The van der Waals surface area contributed by atoms with Crippen LogP contribution in [0.25, 0.3) is 0 Å². The van der Waals surface area contributed by atoms with Crippen LogP contribution in [0.2, 0.25) is 0 Å². The van der Waals surface area contributed by atoms with Crippen molar-refractivity contribution in [1.29, 1.82) is 0 Å². The lowest BCUT2D eigenvalue weighted by Gasteiger charge is -2.22. The van der Waals surface area contributed by atoms with Crippen LogP contribution in [0.5, 0.6) is 11.5 Å². The van der Waals surface area contributed by atoms with E-state index in [1.807, 2.05) is 0 Å². The molecule has 0 heterocycles. The molecule has 0 aliphatic heterocycles. The van der Waals surface area contributed by atoms with Crippen molar-refractivity contribution in [2.75, 3.05) is 13.7 Å². The van der Waals surface area contributed by atoms with E-state index in [0.29, 0.717) is 24.0 Å². The Morgan fingerprint density at radius 1 is 1.30 bits per heavy atom. The average Bonchev–Trinajstić information content (AvgIpc) is 3.07. The highest BCUT2D eigenvalue weighted by molar-refractivity contribution is 5.88. The van der Waals surface area contributed by atoms with Gasteiger partial charge in [-0.3, -0.25) is 0 Å². The molecule has 20 heavy (non-hydrogen) atoms. The molecule has 4 heteroatoms. The summed E-state index contributed by atoms with van der Waals surface area (Å²) in [5.41, 5.74) is 0.230. The number of benzene rings is 1. The molecule has 1 aromatic carbocycles. The number of ether oxygens (including phenoxy) is 2. The number of aromatic carboxylic acids is 1. The molecule has 2 aliphatic rings. The van der Waals surface area contributed by atoms with Crippen LogP contribution in [0.1, 0.15) is 36.0 Å². The van der Waals surface area contributed by atoms with E-state index in [2.05, 4.69) is 0 Å². The Kier molecular flexibility index (Phi) is 3.55.